The van der Waals surface area contributed by atoms with Gasteiger partial charge >= 0.3 is 0 Å². The first kappa shape index (κ1) is 19.0. The lowest BCUT2D eigenvalue weighted by Crippen LogP contribution is -2.39. The minimum Gasteiger partial charge on any atom is -0.448 e. The van der Waals surface area contributed by atoms with Crippen LogP contribution in [0.1, 0.15) is 24.0 Å². The number of nitrogens with zero attached hydrogens (tertiary/aromatic N) is 1. The number of hydrogen-bond acceptors (Lipinski definition) is 4. The van der Waals surface area contributed by atoms with E-state index in [1.165, 1.54) is 0 Å². The number of amides is 1. The highest BCUT2D eigenvalue weighted by atomic mass is 35.5. The zero-order valence-corrected chi connectivity index (χ0v) is 17.3. The van der Waals surface area contributed by atoms with Crippen LogP contribution in [0.15, 0.2) is 59.2 Å². The highest BCUT2D eigenvalue weighted by molar-refractivity contribution is 6.42. The predicted molar refractivity (Wildman–Crippen MR) is 119 cm³/mol. The second-order valence-electron chi connectivity index (χ2n) is 7.49. The number of carbonyl (C=O) groups is 1. The van der Waals surface area contributed by atoms with Crippen molar-refractivity contribution >= 4 is 52.2 Å². The molecule has 1 saturated carbocycles. The molecule has 0 spiro atoms. The predicted octanol–water partition coefficient (Wildman–Crippen LogP) is 5.47. The minimum absolute atomic E-state index is 0.0518. The van der Waals surface area contributed by atoms with E-state index >= 15 is 0 Å². The summed E-state index contributed by atoms with van der Waals surface area (Å²) in [6, 6.07) is 14.6. The molecule has 0 unspecified atom stereocenters. The van der Waals surface area contributed by atoms with Crippen LogP contribution in [0.2, 0.25) is 10.0 Å². The molecule has 2 aliphatic rings. The Morgan fingerprint density at radius 1 is 1.10 bits per heavy atom. The molecule has 5 rings (SSSR count). The van der Waals surface area contributed by atoms with Crippen molar-refractivity contribution in [2.24, 2.45) is 0 Å². The van der Waals surface area contributed by atoms with E-state index in [0.29, 0.717) is 34.1 Å². The molecule has 30 heavy (non-hydrogen) atoms. The van der Waals surface area contributed by atoms with Crippen LogP contribution in [0.5, 0.6) is 0 Å². The van der Waals surface area contributed by atoms with Gasteiger partial charge in [-0.2, -0.15) is 0 Å². The Morgan fingerprint density at radius 3 is 2.57 bits per heavy atom. The first-order chi connectivity index (χ1) is 14.5. The fraction of sp³-hybridized carbons (Fsp3) is 0.182. The van der Waals surface area contributed by atoms with Crippen molar-refractivity contribution in [2.45, 2.75) is 18.3 Å². The highest BCUT2D eigenvalue weighted by Gasteiger charge is 2.51. The lowest BCUT2D eigenvalue weighted by atomic mass is 9.95. The van der Waals surface area contributed by atoms with Crippen LogP contribution in [-0.2, 0) is 10.2 Å². The standard InChI is InChI=1S/C22H18Cl2N4O2/c23-17-6-1-13(11-18(17)24)22(8-9-22)21(29)27-14-2-4-15(5-3-14)28-12-26-20-16(19(28)25)7-10-30-20/h1-7,10-11,25-26H,8-9,12H2,(H,27,29). The summed E-state index contributed by atoms with van der Waals surface area (Å²) in [5, 5.41) is 15.5. The van der Waals surface area contributed by atoms with Gasteiger partial charge in [0.15, 0.2) is 0 Å². The van der Waals surface area contributed by atoms with E-state index in [2.05, 4.69) is 10.6 Å². The van der Waals surface area contributed by atoms with Crippen molar-refractivity contribution < 1.29 is 9.21 Å². The fourth-order valence-electron chi connectivity index (χ4n) is 3.77. The summed E-state index contributed by atoms with van der Waals surface area (Å²) in [5.74, 6) is 0.923. The summed E-state index contributed by atoms with van der Waals surface area (Å²) in [6.45, 7) is 0.436. The molecule has 8 heteroatoms. The second kappa shape index (κ2) is 7.07. The molecule has 0 saturated heterocycles. The molecule has 6 nitrogen and oxygen atoms in total. The van der Waals surface area contributed by atoms with Gasteiger partial charge in [-0.15, -0.1) is 0 Å². The number of benzene rings is 2. The molecule has 1 amide bonds. The van der Waals surface area contributed by atoms with Crippen LogP contribution in [0.25, 0.3) is 0 Å². The molecule has 2 aromatic carbocycles. The van der Waals surface area contributed by atoms with Crippen LogP contribution in [0, 0.1) is 5.41 Å². The Bertz CT molecular complexity index is 1150. The monoisotopic (exact) mass is 440 g/mol. The van der Waals surface area contributed by atoms with E-state index in [4.69, 9.17) is 33.0 Å². The Morgan fingerprint density at radius 2 is 1.87 bits per heavy atom. The third-order valence-corrected chi connectivity index (χ3v) is 6.42. The van der Waals surface area contributed by atoms with Gasteiger partial charge in [0.2, 0.25) is 11.8 Å². The molecular weight excluding hydrogens is 423 g/mol. The number of carbonyl (C=O) groups excluding carboxylic acids is 1. The van der Waals surface area contributed by atoms with E-state index in [-0.39, 0.29) is 5.91 Å². The summed E-state index contributed by atoms with van der Waals surface area (Å²) in [6.07, 6.45) is 3.12. The van der Waals surface area contributed by atoms with Gasteiger partial charge in [-0.05, 0) is 60.9 Å². The van der Waals surface area contributed by atoms with Crippen LogP contribution in [-0.4, -0.2) is 18.4 Å². The van der Waals surface area contributed by atoms with Crippen molar-refractivity contribution in [3.63, 3.8) is 0 Å². The first-order valence-electron chi connectivity index (χ1n) is 9.53. The van der Waals surface area contributed by atoms with Crippen molar-refractivity contribution in [1.29, 1.82) is 5.41 Å². The van der Waals surface area contributed by atoms with Gasteiger partial charge in [0, 0.05) is 11.4 Å². The molecule has 0 radical (unpaired) electrons. The van der Waals surface area contributed by atoms with Gasteiger partial charge in [-0.1, -0.05) is 29.3 Å². The number of halogens is 2. The minimum atomic E-state index is -0.552. The van der Waals surface area contributed by atoms with E-state index in [1.807, 2.05) is 35.2 Å². The number of fused-ring (bicyclic) bond motifs is 1. The van der Waals surface area contributed by atoms with Gasteiger partial charge in [-0.3, -0.25) is 10.2 Å². The molecule has 0 bridgehead atoms. The number of hydrogen-bond donors (Lipinski definition) is 3. The van der Waals surface area contributed by atoms with Gasteiger partial charge in [0.1, 0.15) is 5.84 Å². The smallest absolute Gasteiger partial charge is 0.235 e. The molecule has 1 aromatic heterocycles. The summed E-state index contributed by atoms with van der Waals surface area (Å²) >= 11 is 12.2. The molecule has 3 N–H and O–H groups in total. The second-order valence-corrected chi connectivity index (χ2v) is 8.30. The molecule has 1 aliphatic carbocycles. The number of rotatable bonds is 4. The topological polar surface area (TPSA) is 81.4 Å². The average Bonchev–Trinajstić information content (AvgIpc) is 3.42. The normalized spacial score (nSPS) is 16.6. The maximum Gasteiger partial charge on any atom is 0.235 e. The summed E-state index contributed by atoms with van der Waals surface area (Å²) in [5.41, 5.74) is 2.60. The van der Waals surface area contributed by atoms with Crippen LogP contribution in [0.4, 0.5) is 17.3 Å². The van der Waals surface area contributed by atoms with Crippen molar-refractivity contribution in [1.82, 2.24) is 0 Å². The molecule has 0 atom stereocenters. The molecule has 2 heterocycles. The van der Waals surface area contributed by atoms with Crippen molar-refractivity contribution in [2.75, 3.05) is 22.2 Å². The Balaban J connectivity index is 1.31. The Labute approximate surface area is 183 Å². The van der Waals surface area contributed by atoms with E-state index < -0.39 is 5.41 Å². The maximum atomic E-state index is 13.0. The van der Waals surface area contributed by atoms with Crippen molar-refractivity contribution in [3.8, 4) is 0 Å². The zero-order valence-electron chi connectivity index (χ0n) is 15.8. The largest absolute Gasteiger partial charge is 0.448 e. The molecule has 152 valence electrons. The molecule has 3 aromatic rings. The van der Waals surface area contributed by atoms with Crippen LogP contribution < -0.4 is 15.5 Å². The zero-order chi connectivity index (χ0) is 20.9. The third-order valence-electron chi connectivity index (χ3n) is 5.68. The van der Waals surface area contributed by atoms with Crippen LogP contribution in [0.3, 0.4) is 0 Å². The number of furan rings is 1. The molecule has 1 fully saturated rings. The van der Waals surface area contributed by atoms with Gasteiger partial charge in [0.25, 0.3) is 0 Å². The number of nitrogens with one attached hydrogen (secondary N) is 3. The van der Waals surface area contributed by atoms with Gasteiger partial charge < -0.3 is 20.0 Å². The number of amidine groups is 1. The lowest BCUT2D eigenvalue weighted by Gasteiger charge is -2.29. The number of anilines is 3. The summed E-state index contributed by atoms with van der Waals surface area (Å²) < 4.78 is 5.32. The van der Waals surface area contributed by atoms with E-state index in [9.17, 15) is 4.79 Å². The quantitative estimate of drug-likeness (QED) is 0.502. The maximum absolute atomic E-state index is 13.0. The SMILES string of the molecule is N=C1c2ccoc2NCN1c1ccc(NC(=O)C2(c3ccc(Cl)c(Cl)c3)CC2)cc1. The first-order valence-corrected chi connectivity index (χ1v) is 10.3. The fourth-order valence-corrected chi connectivity index (χ4v) is 4.07. The average molecular weight is 441 g/mol. The summed E-state index contributed by atoms with van der Waals surface area (Å²) in [4.78, 5) is 14.8. The van der Waals surface area contributed by atoms with Gasteiger partial charge in [-0.25, -0.2) is 0 Å². The lowest BCUT2D eigenvalue weighted by molar-refractivity contribution is -0.118. The summed E-state index contributed by atoms with van der Waals surface area (Å²) in [7, 11) is 0. The molecule has 1 aliphatic heterocycles. The Hall–Kier alpha value is -2.96. The van der Waals surface area contributed by atoms with E-state index in [0.717, 1.165) is 29.7 Å². The van der Waals surface area contributed by atoms with Crippen molar-refractivity contribution in [3.05, 3.63) is 76.0 Å². The molecular formula is C22H18Cl2N4O2. The van der Waals surface area contributed by atoms with Crippen LogP contribution >= 0.6 is 23.2 Å². The third kappa shape index (κ3) is 3.13. The van der Waals surface area contributed by atoms with Gasteiger partial charge in [0.05, 0.1) is 34.0 Å². The Kier molecular flexibility index (Phi) is 4.49. The van der Waals surface area contributed by atoms with E-state index in [1.54, 1.807) is 24.5 Å². The highest BCUT2D eigenvalue weighted by Crippen LogP contribution is 2.50.